The summed E-state index contributed by atoms with van der Waals surface area (Å²) < 4.78 is 5.76. The Bertz CT molecular complexity index is 750. The molecule has 1 fully saturated rings. The standard InChI is InChI=1S/C23H30N2O3/c1-17-12-18(2)14-22(13-17)28-16-21(26)15-25-10-8-20(9-11-25)24-23(27)19-6-4-3-5-7-19/h3-7,12-14,20-21,26H,8-11,15-16H2,1-2H3,(H,24,27). The van der Waals surface area contributed by atoms with Gasteiger partial charge in [-0.2, -0.15) is 0 Å². The van der Waals surface area contributed by atoms with Gasteiger partial charge in [0.05, 0.1) is 0 Å². The van der Waals surface area contributed by atoms with E-state index in [1.54, 1.807) is 0 Å². The first-order valence-electron chi connectivity index (χ1n) is 9.97. The number of aryl methyl sites for hydroxylation is 2. The second-order valence-electron chi connectivity index (χ2n) is 7.70. The monoisotopic (exact) mass is 382 g/mol. The van der Waals surface area contributed by atoms with E-state index in [0.29, 0.717) is 12.1 Å². The van der Waals surface area contributed by atoms with E-state index in [1.165, 1.54) is 0 Å². The lowest BCUT2D eigenvalue weighted by molar-refractivity contribution is 0.0567. The number of nitrogens with zero attached hydrogens (tertiary/aromatic N) is 1. The summed E-state index contributed by atoms with van der Waals surface area (Å²) in [6, 6.07) is 15.6. The highest BCUT2D eigenvalue weighted by atomic mass is 16.5. The number of aliphatic hydroxyl groups excluding tert-OH is 1. The van der Waals surface area contributed by atoms with Gasteiger partial charge in [-0.1, -0.05) is 24.3 Å². The van der Waals surface area contributed by atoms with Gasteiger partial charge in [0.2, 0.25) is 0 Å². The van der Waals surface area contributed by atoms with Crippen LogP contribution in [0.5, 0.6) is 5.75 Å². The van der Waals surface area contributed by atoms with Crippen LogP contribution in [0.25, 0.3) is 0 Å². The summed E-state index contributed by atoms with van der Waals surface area (Å²) in [4.78, 5) is 14.5. The Kier molecular flexibility index (Phi) is 7.06. The topological polar surface area (TPSA) is 61.8 Å². The van der Waals surface area contributed by atoms with Crippen molar-refractivity contribution in [3.05, 3.63) is 65.2 Å². The molecule has 5 nitrogen and oxygen atoms in total. The molecule has 1 amide bonds. The first-order valence-corrected chi connectivity index (χ1v) is 9.97. The highest BCUT2D eigenvalue weighted by molar-refractivity contribution is 5.94. The van der Waals surface area contributed by atoms with Crippen molar-refractivity contribution in [1.29, 1.82) is 0 Å². The van der Waals surface area contributed by atoms with Gasteiger partial charge in [-0.15, -0.1) is 0 Å². The molecule has 1 aliphatic rings. The SMILES string of the molecule is Cc1cc(C)cc(OCC(O)CN2CCC(NC(=O)c3ccccc3)CC2)c1. The lowest BCUT2D eigenvalue weighted by Gasteiger charge is -2.33. The maximum Gasteiger partial charge on any atom is 0.251 e. The molecule has 2 aromatic rings. The van der Waals surface area contributed by atoms with Crippen molar-refractivity contribution in [1.82, 2.24) is 10.2 Å². The number of likely N-dealkylation sites (tertiary alicyclic amines) is 1. The molecule has 0 aromatic heterocycles. The largest absolute Gasteiger partial charge is 0.491 e. The Morgan fingerprint density at radius 1 is 1.14 bits per heavy atom. The number of carbonyl (C=O) groups excluding carboxylic acids is 1. The van der Waals surface area contributed by atoms with Crippen molar-refractivity contribution >= 4 is 5.91 Å². The molecule has 0 radical (unpaired) electrons. The minimum Gasteiger partial charge on any atom is -0.491 e. The molecule has 0 bridgehead atoms. The Morgan fingerprint density at radius 2 is 1.79 bits per heavy atom. The quantitative estimate of drug-likeness (QED) is 0.773. The van der Waals surface area contributed by atoms with Crippen LogP contribution in [0.2, 0.25) is 0 Å². The van der Waals surface area contributed by atoms with Crippen LogP contribution in [0.1, 0.15) is 34.3 Å². The number of hydrogen-bond donors (Lipinski definition) is 2. The van der Waals surface area contributed by atoms with Crippen LogP contribution in [-0.4, -0.2) is 54.3 Å². The molecule has 3 rings (SSSR count). The van der Waals surface area contributed by atoms with Crippen LogP contribution in [0.15, 0.2) is 48.5 Å². The molecule has 1 atom stereocenters. The predicted octanol–water partition coefficient (Wildman–Crippen LogP) is 2.94. The fraction of sp³-hybridized carbons (Fsp3) is 0.435. The first-order chi connectivity index (χ1) is 13.5. The van der Waals surface area contributed by atoms with Gasteiger partial charge in [0.15, 0.2) is 0 Å². The molecule has 1 aliphatic heterocycles. The summed E-state index contributed by atoms with van der Waals surface area (Å²) in [6.45, 7) is 6.67. The van der Waals surface area contributed by atoms with Gasteiger partial charge in [0.25, 0.3) is 5.91 Å². The molecule has 0 aliphatic carbocycles. The normalized spacial score (nSPS) is 16.5. The van der Waals surface area contributed by atoms with E-state index in [9.17, 15) is 9.90 Å². The van der Waals surface area contributed by atoms with E-state index in [1.807, 2.05) is 56.3 Å². The number of hydrogen-bond acceptors (Lipinski definition) is 4. The van der Waals surface area contributed by atoms with E-state index in [4.69, 9.17) is 4.74 Å². The smallest absolute Gasteiger partial charge is 0.251 e. The van der Waals surface area contributed by atoms with E-state index in [-0.39, 0.29) is 18.6 Å². The maximum atomic E-state index is 12.3. The summed E-state index contributed by atoms with van der Waals surface area (Å²) in [7, 11) is 0. The number of ether oxygens (including phenoxy) is 1. The minimum absolute atomic E-state index is 0.0130. The van der Waals surface area contributed by atoms with Crippen molar-refractivity contribution in [2.75, 3.05) is 26.2 Å². The zero-order valence-corrected chi connectivity index (χ0v) is 16.7. The third-order valence-electron chi connectivity index (χ3n) is 5.07. The van der Waals surface area contributed by atoms with Crippen molar-refractivity contribution < 1.29 is 14.6 Å². The summed E-state index contributed by atoms with van der Waals surface area (Å²) in [5.41, 5.74) is 3.01. The number of aliphatic hydroxyl groups is 1. The first kappa shape index (κ1) is 20.4. The Hall–Kier alpha value is -2.37. The lowest BCUT2D eigenvalue weighted by Crippen LogP contribution is -2.47. The average Bonchev–Trinajstić information content (AvgIpc) is 2.68. The number of rotatable bonds is 7. The van der Waals surface area contributed by atoms with Gasteiger partial charge in [-0.25, -0.2) is 0 Å². The average molecular weight is 383 g/mol. The molecule has 1 unspecified atom stereocenters. The van der Waals surface area contributed by atoms with Crippen molar-refractivity contribution in [2.45, 2.75) is 38.8 Å². The third-order valence-corrected chi connectivity index (χ3v) is 5.07. The van der Waals surface area contributed by atoms with Crippen LogP contribution in [-0.2, 0) is 0 Å². The summed E-state index contributed by atoms with van der Waals surface area (Å²) in [5.74, 6) is 0.791. The maximum absolute atomic E-state index is 12.3. The Morgan fingerprint density at radius 3 is 2.43 bits per heavy atom. The molecule has 2 N–H and O–H groups in total. The van der Waals surface area contributed by atoms with Crippen LogP contribution < -0.4 is 10.1 Å². The number of piperidine rings is 1. The Labute approximate surface area is 167 Å². The van der Waals surface area contributed by atoms with Crippen LogP contribution in [0.4, 0.5) is 0 Å². The van der Waals surface area contributed by atoms with Gasteiger partial charge in [0.1, 0.15) is 18.5 Å². The van der Waals surface area contributed by atoms with E-state index in [2.05, 4.69) is 16.3 Å². The summed E-state index contributed by atoms with van der Waals surface area (Å²) in [5, 5.41) is 13.4. The molecule has 1 saturated heterocycles. The number of benzene rings is 2. The zero-order chi connectivity index (χ0) is 19.9. The van der Waals surface area contributed by atoms with Gasteiger partial charge in [-0.3, -0.25) is 4.79 Å². The predicted molar refractivity (Wildman–Crippen MR) is 111 cm³/mol. The van der Waals surface area contributed by atoms with E-state index < -0.39 is 6.10 Å². The molecular formula is C23H30N2O3. The molecule has 2 aromatic carbocycles. The van der Waals surface area contributed by atoms with E-state index >= 15 is 0 Å². The van der Waals surface area contributed by atoms with Crippen LogP contribution in [0.3, 0.4) is 0 Å². The third kappa shape index (κ3) is 6.08. The van der Waals surface area contributed by atoms with Gasteiger partial charge >= 0.3 is 0 Å². The molecule has 5 heteroatoms. The molecule has 0 saturated carbocycles. The van der Waals surface area contributed by atoms with Crippen molar-refractivity contribution in [2.24, 2.45) is 0 Å². The second kappa shape index (κ2) is 9.71. The fourth-order valence-electron chi connectivity index (χ4n) is 3.68. The zero-order valence-electron chi connectivity index (χ0n) is 16.7. The molecular weight excluding hydrogens is 352 g/mol. The van der Waals surface area contributed by atoms with Gasteiger partial charge < -0.3 is 20.1 Å². The number of β-amino-alcohol motifs (C(OH)–C–C–N with tert-alkyl or cyclic N) is 1. The number of amides is 1. The number of carbonyl (C=O) groups is 1. The van der Waals surface area contributed by atoms with Crippen molar-refractivity contribution in [3.8, 4) is 5.75 Å². The Balaban J connectivity index is 1.38. The van der Waals surface area contributed by atoms with Crippen LogP contribution in [0, 0.1) is 13.8 Å². The van der Waals surface area contributed by atoms with Crippen LogP contribution >= 0.6 is 0 Å². The molecule has 28 heavy (non-hydrogen) atoms. The lowest BCUT2D eigenvalue weighted by atomic mass is 10.0. The number of nitrogens with one attached hydrogen (secondary N) is 1. The molecule has 0 spiro atoms. The second-order valence-corrected chi connectivity index (χ2v) is 7.70. The molecule has 1 heterocycles. The summed E-state index contributed by atoms with van der Waals surface area (Å²) >= 11 is 0. The van der Waals surface area contributed by atoms with Crippen molar-refractivity contribution in [3.63, 3.8) is 0 Å². The van der Waals surface area contributed by atoms with E-state index in [0.717, 1.165) is 42.8 Å². The summed E-state index contributed by atoms with van der Waals surface area (Å²) in [6.07, 6.45) is 1.25. The van der Waals surface area contributed by atoms with Gasteiger partial charge in [0, 0.05) is 31.2 Å². The highest BCUT2D eigenvalue weighted by Crippen LogP contribution is 2.17. The highest BCUT2D eigenvalue weighted by Gasteiger charge is 2.22. The molecule has 150 valence electrons. The minimum atomic E-state index is -0.531. The fourth-order valence-corrected chi connectivity index (χ4v) is 3.68. The van der Waals surface area contributed by atoms with Gasteiger partial charge in [-0.05, 0) is 62.1 Å².